The maximum Gasteiger partial charge on any atom is 0.273 e. The van der Waals surface area contributed by atoms with Gasteiger partial charge in [0, 0.05) is 12.1 Å². The highest BCUT2D eigenvalue weighted by molar-refractivity contribution is 7.10. The number of rotatable bonds is 6. The summed E-state index contributed by atoms with van der Waals surface area (Å²) in [5, 5.41) is 14.5. The van der Waals surface area contributed by atoms with Gasteiger partial charge in [0.05, 0.1) is 28.8 Å². The second-order valence-corrected chi connectivity index (χ2v) is 7.65. The molecular formula is C19H22N6OS. The first-order valence-corrected chi connectivity index (χ1v) is 10.0. The Balaban J connectivity index is 1.36. The standard InChI is InChI=1S/C19H22N6OS/c26-19(16-12-25(24-23-16)11-14-5-4-8-20-9-14)21-10-17-18(22-13-27-17)15-6-2-1-3-7-15/h1-3,6-7,12-14,20H,4-5,8-11H2,(H,21,26)/t14-/m0/s1. The van der Waals surface area contributed by atoms with E-state index in [1.165, 1.54) is 24.2 Å². The van der Waals surface area contributed by atoms with Crippen molar-refractivity contribution in [3.63, 3.8) is 0 Å². The molecule has 1 aliphatic rings. The van der Waals surface area contributed by atoms with Crippen molar-refractivity contribution >= 4 is 17.2 Å². The van der Waals surface area contributed by atoms with Gasteiger partial charge in [0.25, 0.3) is 5.91 Å². The molecule has 0 unspecified atom stereocenters. The zero-order chi connectivity index (χ0) is 18.5. The average molecular weight is 382 g/mol. The number of nitrogens with zero attached hydrogens (tertiary/aromatic N) is 4. The largest absolute Gasteiger partial charge is 0.346 e. The van der Waals surface area contributed by atoms with Crippen molar-refractivity contribution < 1.29 is 4.79 Å². The summed E-state index contributed by atoms with van der Waals surface area (Å²) in [6, 6.07) is 9.98. The Morgan fingerprint density at radius 3 is 3.04 bits per heavy atom. The number of aromatic nitrogens is 4. The number of carbonyl (C=O) groups excluding carboxylic acids is 1. The summed E-state index contributed by atoms with van der Waals surface area (Å²) in [7, 11) is 0. The lowest BCUT2D eigenvalue weighted by Gasteiger charge is -2.22. The van der Waals surface area contributed by atoms with Gasteiger partial charge in [-0.2, -0.15) is 0 Å². The van der Waals surface area contributed by atoms with Crippen LogP contribution in [0.1, 0.15) is 28.2 Å². The molecule has 1 saturated heterocycles. The molecule has 0 spiro atoms. The first-order valence-electron chi connectivity index (χ1n) is 9.16. The molecule has 0 bridgehead atoms. The zero-order valence-electron chi connectivity index (χ0n) is 15.0. The number of piperidine rings is 1. The van der Waals surface area contributed by atoms with Crippen LogP contribution >= 0.6 is 11.3 Å². The van der Waals surface area contributed by atoms with E-state index in [-0.39, 0.29) is 5.91 Å². The maximum absolute atomic E-state index is 12.4. The molecule has 2 aromatic heterocycles. The van der Waals surface area contributed by atoms with Crippen LogP contribution in [0.5, 0.6) is 0 Å². The molecule has 0 aliphatic carbocycles. The van der Waals surface area contributed by atoms with E-state index < -0.39 is 0 Å². The van der Waals surface area contributed by atoms with Gasteiger partial charge in [-0.3, -0.25) is 9.48 Å². The van der Waals surface area contributed by atoms with Crippen LogP contribution < -0.4 is 10.6 Å². The molecule has 3 heterocycles. The number of amides is 1. The third kappa shape index (κ3) is 4.40. The fraction of sp³-hybridized carbons (Fsp3) is 0.368. The van der Waals surface area contributed by atoms with Crippen LogP contribution in [0.2, 0.25) is 0 Å². The van der Waals surface area contributed by atoms with E-state index in [1.54, 1.807) is 16.4 Å². The van der Waals surface area contributed by atoms with Gasteiger partial charge in [-0.15, -0.1) is 16.4 Å². The topological polar surface area (TPSA) is 84.7 Å². The van der Waals surface area contributed by atoms with Crippen LogP contribution in [0.4, 0.5) is 0 Å². The van der Waals surface area contributed by atoms with E-state index in [9.17, 15) is 4.79 Å². The van der Waals surface area contributed by atoms with E-state index >= 15 is 0 Å². The Bertz CT molecular complexity index is 885. The summed E-state index contributed by atoms with van der Waals surface area (Å²) < 4.78 is 1.77. The van der Waals surface area contributed by atoms with Crippen molar-refractivity contribution in [3.8, 4) is 11.3 Å². The average Bonchev–Trinajstić information content (AvgIpc) is 3.37. The quantitative estimate of drug-likeness (QED) is 0.684. The first-order chi connectivity index (χ1) is 13.3. The van der Waals surface area contributed by atoms with Gasteiger partial charge >= 0.3 is 0 Å². The smallest absolute Gasteiger partial charge is 0.273 e. The highest BCUT2D eigenvalue weighted by atomic mass is 32.1. The molecule has 27 heavy (non-hydrogen) atoms. The summed E-state index contributed by atoms with van der Waals surface area (Å²) in [6.45, 7) is 3.30. The van der Waals surface area contributed by atoms with Gasteiger partial charge < -0.3 is 10.6 Å². The van der Waals surface area contributed by atoms with E-state index in [4.69, 9.17) is 0 Å². The molecule has 1 fully saturated rings. The lowest BCUT2D eigenvalue weighted by Crippen LogP contribution is -2.32. The maximum atomic E-state index is 12.4. The summed E-state index contributed by atoms with van der Waals surface area (Å²) in [4.78, 5) is 17.9. The van der Waals surface area contributed by atoms with E-state index in [1.807, 2.05) is 30.3 Å². The van der Waals surface area contributed by atoms with Gasteiger partial charge in [0.15, 0.2) is 5.69 Å². The molecule has 1 aliphatic heterocycles. The third-order valence-electron chi connectivity index (χ3n) is 4.71. The highest BCUT2D eigenvalue weighted by Gasteiger charge is 2.17. The van der Waals surface area contributed by atoms with E-state index in [2.05, 4.69) is 25.9 Å². The number of carbonyl (C=O) groups is 1. The van der Waals surface area contributed by atoms with Crippen LogP contribution in [0.3, 0.4) is 0 Å². The van der Waals surface area contributed by atoms with Gasteiger partial charge in [0.1, 0.15) is 0 Å². The van der Waals surface area contributed by atoms with Crippen LogP contribution in [0.15, 0.2) is 42.0 Å². The summed E-state index contributed by atoms with van der Waals surface area (Å²) in [5.41, 5.74) is 4.12. The molecule has 0 saturated carbocycles. The molecule has 1 amide bonds. The minimum Gasteiger partial charge on any atom is -0.346 e. The minimum absolute atomic E-state index is 0.213. The van der Waals surface area contributed by atoms with Crippen molar-refractivity contribution in [1.29, 1.82) is 0 Å². The van der Waals surface area contributed by atoms with Gasteiger partial charge in [-0.25, -0.2) is 4.98 Å². The Kier molecular flexibility index (Phi) is 5.55. The lowest BCUT2D eigenvalue weighted by molar-refractivity contribution is 0.0946. The molecule has 1 atom stereocenters. The van der Waals surface area contributed by atoms with Crippen molar-refractivity contribution in [2.75, 3.05) is 13.1 Å². The van der Waals surface area contributed by atoms with E-state index in [0.29, 0.717) is 18.2 Å². The van der Waals surface area contributed by atoms with E-state index in [0.717, 1.165) is 35.8 Å². The third-order valence-corrected chi connectivity index (χ3v) is 5.55. The number of hydrogen-bond donors (Lipinski definition) is 2. The number of thiazole rings is 1. The van der Waals surface area contributed by atoms with Crippen LogP contribution in [0, 0.1) is 5.92 Å². The molecule has 7 nitrogen and oxygen atoms in total. The predicted molar refractivity (Wildman–Crippen MR) is 104 cm³/mol. The fourth-order valence-corrected chi connectivity index (χ4v) is 4.04. The zero-order valence-corrected chi connectivity index (χ0v) is 15.8. The highest BCUT2D eigenvalue weighted by Crippen LogP contribution is 2.25. The van der Waals surface area contributed by atoms with Crippen molar-refractivity contribution in [2.45, 2.75) is 25.9 Å². The molecule has 4 rings (SSSR count). The molecule has 8 heteroatoms. The monoisotopic (exact) mass is 382 g/mol. The van der Waals surface area contributed by atoms with Crippen molar-refractivity contribution in [2.24, 2.45) is 5.92 Å². The number of nitrogens with one attached hydrogen (secondary N) is 2. The molecule has 140 valence electrons. The normalized spacial score (nSPS) is 17.0. The molecule has 1 aromatic carbocycles. The Morgan fingerprint density at radius 2 is 2.22 bits per heavy atom. The second kappa shape index (κ2) is 8.41. The second-order valence-electron chi connectivity index (χ2n) is 6.71. The Morgan fingerprint density at radius 1 is 1.33 bits per heavy atom. The van der Waals surface area contributed by atoms with Crippen LogP contribution in [0.25, 0.3) is 11.3 Å². The van der Waals surface area contributed by atoms with Gasteiger partial charge in [-0.1, -0.05) is 35.5 Å². The molecule has 0 radical (unpaired) electrons. The summed E-state index contributed by atoms with van der Waals surface area (Å²) >= 11 is 1.54. The predicted octanol–water partition coefficient (Wildman–Crippen LogP) is 2.33. The molecule has 2 N–H and O–H groups in total. The first kappa shape index (κ1) is 17.8. The fourth-order valence-electron chi connectivity index (χ4n) is 3.31. The summed E-state index contributed by atoms with van der Waals surface area (Å²) in [5.74, 6) is 0.331. The minimum atomic E-state index is -0.213. The van der Waals surface area contributed by atoms with Crippen LogP contribution in [-0.2, 0) is 13.1 Å². The number of benzene rings is 1. The Labute approximate surface area is 161 Å². The van der Waals surface area contributed by atoms with Crippen molar-refractivity contribution in [1.82, 2.24) is 30.6 Å². The molecule has 3 aromatic rings. The van der Waals surface area contributed by atoms with Gasteiger partial charge in [0.2, 0.25) is 0 Å². The van der Waals surface area contributed by atoms with Gasteiger partial charge in [-0.05, 0) is 31.8 Å². The number of hydrogen-bond acceptors (Lipinski definition) is 6. The van der Waals surface area contributed by atoms with Crippen LogP contribution in [-0.4, -0.2) is 39.0 Å². The Hall–Kier alpha value is -2.58. The lowest BCUT2D eigenvalue weighted by atomic mass is 10.00. The molecular weight excluding hydrogens is 360 g/mol. The SMILES string of the molecule is O=C(NCc1scnc1-c1ccccc1)c1cn(C[C@H]2CCCNC2)nn1. The van der Waals surface area contributed by atoms with Crippen molar-refractivity contribution in [3.05, 3.63) is 52.6 Å². The summed E-state index contributed by atoms with van der Waals surface area (Å²) in [6.07, 6.45) is 4.10.